The molecule has 4 heteroatoms. The Kier molecular flexibility index (Phi) is 2.91. The highest BCUT2D eigenvalue weighted by Crippen LogP contribution is 2.34. The Morgan fingerprint density at radius 2 is 2.06 bits per heavy atom. The zero-order valence-corrected chi connectivity index (χ0v) is 10.3. The van der Waals surface area contributed by atoms with Crippen LogP contribution in [-0.4, -0.2) is 40.9 Å². The van der Waals surface area contributed by atoms with Crippen LogP contribution in [0.3, 0.4) is 0 Å². The van der Waals surface area contributed by atoms with Gasteiger partial charge in [-0.25, -0.2) is 4.79 Å². The first-order chi connectivity index (χ1) is 7.56. The zero-order valence-electron chi connectivity index (χ0n) is 10.3. The van der Waals surface area contributed by atoms with Crippen LogP contribution in [0.2, 0.25) is 0 Å². The fourth-order valence-corrected chi connectivity index (χ4v) is 2.66. The van der Waals surface area contributed by atoms with E-state index in [1.165, 1.54) is 4.90 Å². The average molecular weight is 224 g/mol. The van der Waals surface area contributed by atoms with Gasteiger partial charge in [0.15, 0.2) is 0 Å². The lowest BCUT2D eigenvalue weighted by Gasteiger charge is -2.18. The van der Waals surface area contributed by atoms with Gasteiger partial charge < -0.3 is 4.90 Å². The Labute approximate surface area is 96.6 Å². The molecule has 0 bridgehead atoms. The Balaban J connectivity index is 2.11. The van der Waals surface area contributed by atoms with E-state index in [2.05, 4.69) is 13.8 Å². The summed E-state index contributed by atoms with van der Waals surface area (Å²) < 4.78 is 0. The van der Waals surface area contributed by atoms with Crippen LogP contribution in [0.15, 0.2) is 0 Å². The van der Waals surface area contributed by atoms with Crippen LogP contribution in [0.25, 0.3) is 0 Å². The lowest BCUT2D eigenvalue weighted by molar-refractivity contribution is -0.128. The van der Waals surface area contributed by atoms with E-state index in [1.807, 2.05) is 6.92 Å². The monoisotopic (exact) mass is 224 g/mol. The number of fused-ring (bicyclic) bond motifs is 1. The second-order valence-electron chi connectivity index (χ2n) is 5.18. The Morgan fingerprint density at radius 3 is 2.56 bits per heavy atom. The topological polar surface area (TPSA) is 40.6 Å². The maximum Gasteiger partial charge on any atom is 0.327 e. The number of hydrogen-bond donors (Lipinski definition) is 0. The number of carbonyl (C=O) groups is 2. The van der Waals surface area contributed by atoms with Gasteiger partial charge in [-0.05, 0) is 24.7 Å². The minimum atomic E-state index is -0.161. The largest absolute Gasteiger partial charge is 0.327 e. The average Bonchev–Trinajstić information content (AvgIpc) is 2.75. The van der Waals surface area contributed by atoms with Gasteiger partial charge in [0, 0.05) is 13.1 Å². The van der Waals surface area contributed by atoms with E-state index >= 15 is 0 Å². The van der Waals surface area contributed by atoms with Crippen LogP contribution < -0.4 is 0 Å². The first kappa shape index (κ1) is 11.4. The summed E-state index contributed by atoms with van der Waals surface area (Å²) in [5.74, 6) is 1.06. The van der Waals surface area contributed by atoms with Crippen LogP contribution in [0.5, 0.6) is 0 Å². The molecule has 0 saturated carbocycles. The summed E-state index contributed by atoms with van der Waals surface area (Å²) in [4.78, 5) is 27.2. The lowest BCUT2D eigenvalue weighted by Crippen LogP contribution is -2.35. The normalized spacial score (nSPS) is 29.5. The number of carbonyl (C=O) groups excluding carboxylic acids is 2. The molecule has 0 aromatic carbocycles. The maximum atomic E-state index is 12.0. The highest BCUT2D eigenvalue weighted by Gasteiger charge is 2.50. The van der Waals surface area contributed by atoms with Gasteiger partial charge in [-0.1, -0.05) is 20.8 Å². The predicted molar refractivity (Wildman–Crippen MR) is 60.8 cm³/mol. The van der Waals surface area contributed by atoms with Crippen molar-refractivity contribution >= 4 is 11.9 Å². The summed E-state index contributed by atoms with van der Waals surface area (Å²) in [6.07, 6.45) is 1.69. The van der Waals surface area contributed by atoms with Crippen molar-refractivity contribution in [3.8, 4) is 0 Å². The third-order valence-electron chi connectivity index (χ3n) is 3.75. The number of urea groups is 1. The molecule has 0 N–H and O–H groups in total. The first-order valence-electron chi connectivity index (χ1n) is 6.18. The predicted octanol–water partition coefficient (Wildman–Crippen LogP) is 1.71. The summed E-state index contributed by atoms with van der Waals surface area (Å²) in [5, 5.41) is 0. The number of nitrogens with zero attached hydrogens (tertiary/aromatic N) is 2. The van der Waals surface area contributed by atoms with Crippen molar-refractivity contribution in [1.82, 2.24) is 9.80 Å². The van der Waals surface area contributed by atoms with Crippen LogP contribution >= 0.6 is 0 Å². The van der Waals surface area contributed by atoms with Crippen molar-refractivity contribution in [3.05, 3.63) is 0 Å². The highest BCUT2D eigenvalue weighted by atomic mass is 16.2. The van der Waals surface area contributed by atoms with Gasteiger partial charge in [0.2, 0.25) is 0 Å². The van der Waals surface area contributed by atoms with Gasteiger partial charge in [-0.3, -0.25) is 9.69 Å². The molecule has 2 fully saturated rings. The molecule has 2 heterocycles. The molecule has 2 aliphatic heterocycles. The van der Waals surface area contributed by atoms with Gasteiger partial charge >= 0.3 is 6.03 Å². The van der Waals surface area contributed by atoms with Gasteiger partial charge in [0.05, 0.1) is 0 Å². The van der Waals surface area contributed by atoms with E-state index in [0.717, 1.165) is 19.4 Å². The molecule has 2 aliphatic rings. The molecule has 3 amide bonds. The van der Waals surface area contributed by atoms with Gasteiger partial charge in [0.25, 0.3) is 5.91 Å². The maximum absolute atomic E-state index is 12.0. The smallest absolute Gasteiger partial charge is 0.312 e. The van der Waals surface area contributed by atoms with E-state index in [1.54, 1.807) is 4.90 Å². The minimum absolute atomic E-state index is 0.0231. The van der Waals surface area contributed by atoms with Crippen molar-refractivity contribution < 1.29 is 9.59 Å². The summed E-state index contributed by atoms with van der Waals surface area (Å²) in [6.45, 7) is 7.63. The molecule has 0 aromatic heterocycles. The first-order valence-corrected chi connectivity index (χ1v) is 6.18. The van der Waals surface area contributed by atoms with Crippen LogP contribution in [0, 0.1) is 11.8 Å². The SMILES string of the molecule is CCCN1C(=O)[C@@H]2C[C@@H](C(C)C)CN2C1=O. The molecule has 0 aromatic rings. The van der Waals surface area contributed by atoms with Crippen molar-refractivity contribution in [1.29, 1.82) is 0 Å². The second-order valence-corrected chi connectivity index (χ2v) is 5.18. The number of hydrogen-bond acceptors (Lipinski definition) is 2. The van der Waals surface area contributed by atoms with E-state index in [9.17, 15) is 9.59 Å². The highest BCUT2D eigenvalue weighted by molar-refractivity contribution is 6.04. The number of amides is 3. The molecule has 0 radical (unpaired) electrons. The quantitative estimate of drug-likeness (QED) is 0.685. The van der Waals surface area contributed by atoms with Crippen LogP contribution in [0.1, 0.15) is 33.6 Å². The van der Waals surface area contributed by atoms with Gasteiger partial charge in [-0.15, -0.1) is 0 Å². The Morgan fingerprint density at radius 1 is 1.38 bits per heavy atom. The zero-order chi connectivity index (χ0) is 11.9. The molecule has 2 saturated heterocycles. The van der Waals surface area contributed by atoms with E-state index < -0.39 is 0 Å². The number of rotatable bonds is 3. The van der Waals surface area contributed by atoms with Crippen molar-refractivity contribution in [2.45, 2.75) is 39.7 Å². The molecule has 0 aliphatic carbocycles. The van der Waals surface area contributed by atoms with Crippen LogP contribution in [0.4, 0.5) is 4.79 Å². The Bertz CT molecular complexity index is 290. The molecule has 16 heavy (non-hydrogen) atoms. The molecule has 0 spiro atoms. The van der Waals surface area contributed by atoms with Crippen LogP contribution in [-0.2, 0) is 4.79 Å². The van der Waals surface area contributed by atoms with E-state index in [-0.39, 0.29) is 18.0 Å². The number of imide groups is 1. The fourth-order valence-electron chi connectivity index (χ4n) is 2.66. The van der Waals surface area contributed by atoms with Gasteiger partial charge in [0.1, 0.15) is 6.04 Å². The Hall–Kier alpha value is -1.06. The van der Waals surface area contributed by atoms with Gasteiger partial charge in [-0.2, -0.15) is 0 Å². The molecular weight excluding hydrogens is 204 g/mol. The third-order valence-corrected chi connectivity index (χ3v) is 3.75. The third kappa shape index (κ3) is 1.60. The molecule has 0 unspecified atom stereocenters. The van der Waals surface area contributed by atoms with Crippen molar-refractivity contribution in [3.63, 3.8) is 0 Å². The molecular formula is C12H20N2O2. The summed E-state index contributed by atoms with van der Waals surface area (Å²) in [5.41, 5.74) is 0. The molecule has 2 rings (SSSR count). The summed E-state index contributed by atoms with van der Waals surface area (Å²) >= 11 is 0. The van der Waals surface area contributed by atoms with E-state index in [0.29, 0.717) is 18.4 Å². The van der Waals surface area contributed by atoms with Crippen molar-refractivity contribution in [2.75, 3.05) is 13.1 Å². The molecule has 2 atom stereocenters. The standard InChI is InChI=1S/C12H20N2O2/c1-4-5-13-11(15)10-6-9(8(2)3)7-14(10)12(13)16/h8-10H,4-7H2,1-3H3/t9-,10+/m1/s1. The minimum Gasteiger partial charge on any atom is -0.312 e. The van der Waals surface area contributed by atoms with Crippen molar-refractivity contribution in [2.24, 2.45) is 11.8 Å². The second kappa shape index (κ2) is 4.07. The molecule has 4 nitrogen and oxygen atoms in total. The molecule has 90 valence electrons. The fraction of sp³-hybridized carbons (Fsp3) is 0.833. The van der Waals surface area contributed by atoms with E-state index in [4.69, 9.17) is 0 Å². The lowest BCUT2D eigenvalue weighted by atomic mass is 9.93. The summed E-state index contributed by atoms with van der Waals surface area (Å²) in [6, 6.07) is -0.230. The summed E-state index contributed by atoms with van der Waals surface area (Å²) in [7, 11) is 0.